The fourth-order valence-electron chi connectivity index (χ4n) is 2.69. The van der Waals surface area contributed by atoms with Gasteiger partial charge in [0.2, 0.25) is 0 Å². The first-order chi connectivity index (χ1) is 11.3. The normalized spacial score (nSPS) is 21.5. The van der Waals surface area contributed by atoms with Gasteiger partial charge in [0.15, 0.2) is 0 Å². The van der Waals surface area contributed by atoms with Gasteiger partial charge in [-0.25, -0.2) is 9.59 Å². The minimum absolute atomic E-state index is 0.000936. The van der Waals surface area contributed by atoms with E-state index in [9.17, 15) is 14.7 Å². The Morgan fingerprint density at radius 2 is 2.00 bits per heavy atom. The molecule has 1 aromatic rings. The van der Waals surface area contributed by atoms with Crippen LogP contribution in [0.4, 0.5) is 0 Å². The van der Waals surface area contributed by atoms with Crippen molar-refractivity contribution in [3.05, 3.63) is 41.1 Å². The summed E-state index contributed by atoms with van der Waals surface area (Å²) in [6, 6.07) is 5.67. The molecule has 0 saturated carbocycles. The Morgan fingerprint density at radius 1 is 1.29 bits per heavy atom. The van der Waals surface area contributed by atoms with E-state index in [0.29, 0.717) is 18.2 Å². The highest BCUT2D eigenvalue weighted by Crippen LogP contribution is 2.26. The third-order valence-corrected chi connectivity index (χ3v) is 4.17. The second-order valence-electron chi connectivity index (χ2n) is 5.83. The summed E-state index contributed by atoms with van der Waals surface area (Å²) in [5.41, 5.74) is 1.73. The second-order valence-corrected chi connectivity index (χ2v) is 5.83. The summed E-state index contributed by atoms with van der Waals surface area (Å²) < 4.78 is 5.89. The molecule has 0 bridgehead atoms. The standard InChI is InChI=1S/C17H21NO6/c1-10-4-3-5-14(11(10)2)24-15-6-7-18(9-13(15)19)12(17(22)23)8-16(20)21/h3-5,8,13,15,19H,6-7,9H2,1-2H3,(H,20,21)(H,22,23)/b12-8-/t13-,15-/m1/s1. The Bertz CT molecular complexity index is 669. The molecule has 0 spiro atoms. The van der Waals surface area contributed by atoms with Gasteiger partial charge >= 0.3 is 11.9 Å². The average Bonchev–Trinajstić information content (AvgIpc) is 2.51. The Labute approximate surface area is 139 Å². The molecule has 1 saturated heterocycles. The third-order valence-electron chi connectivity index (χ3n) is 4.17. The summed E-state index contributed by atoms with van der Waals surface area (Å²) in [7, 11) is 0. The monoisotopic (exact) mass is 335 g/mol. The minimum atomic E-state index is -1.34. The van der Waals surface area contributed by atoms with E-state index in [1.807, 2.05) is 32.0 Å². The van der Waals surface area contributed by atoms with Crippen LogP contribution in [0.15, 0.2) is 30.0 Å². The highest BCUT2D eigenvalue weighted by molar-refractivity contribution is 5.94. The zero-order chi connectivity index (χ0) is 17.9. The molecule has 0 unspecified atom stereocenters. The largest absolute Gasteiger partial charge is 0.487 e. The van der Waals surface area contributed by atoms with E-state index in [0.717, 1.165) is 11.1 Å². The summed E-state index contributed by atoms with van der Waals surface area (Å²) in [5.74, 6) is -1.99. The van der Waals surface area contributed by atoms with Crippen molar-refractivity contribution in [2.75, 3.05) is 13.1 Å². The van der Waals surface area contributed by atoms with Crippen LogP contribution >= 0.6 is 0 Å². The number of aliphatic hydroxyl groups is 1. The van der Waals surface area contributed by atoms with Crippen LogP contribution in [0.3, 0.4) is 0 Å². The molecule has 1 aromatic carbocycles. The SMILES string of the molecule is Cc1cccc(O[C@@H]2CCN(/C(=C\C(=O)O)C(=O)O)C[C@H]2O)c1C. The number of aliphatic hydroxyl groups excluding tert-OH is 1. The Hall–Kier alpha value is -2.54. The van der Waals surface area contributed by atoms with Gasteiger partial charge in [-0.15, -0.1) is 0 Å². The first kappa shape index (κ1) is 17.8. The maximum atomic E-state index is 11.2. The lowest BCUT2D eigenvalue weighted by Gasteiger charge is -2.37. The van der Waals surface area contributed by atoms with Crippen LogP contribution in [-0.4, -0.2) is 57.5 Å². The maximum Gasteiger partial charge on any atom is 0.352 e. The van der Waals surface area contributed by atoms with Crippen LogP contribution < -0.4 is 4.74 Å². The number of nitrogens with zero attached hydrogens (tertiary/aromatic N) is 1. The average molecular weight is 335 g/mol. The predicted molar refractivity (Wildman–Crippen MR) is 85.9 cm³/mol. The van der Waals surface area contributed by atoms with E-state index in [-0.39, 0.29) is 18.8 Å². The minimum Gasteiger partial charge on any atom is -0.487 e. The zero-order valence-corrected chi connectivity index (χ0v) is 13.6. The van der Waals surface area contributed by atoms with Crippen LogP contribution in [0.25, 0.3) is 0 Å². The molecular formula is C17H21NO6. The number of likely N-dealkylation sites (tertiary alicyclic amines) is 1. The molecule has 1 heterocycles. The number of benzene rings is 1. The van der Waals surface area contributed by atoms with Crippen LogP contribution in [-0.2, 0) is 9.59 Å². The summed E-state index contributed by atoms with van der Waals surface area (Å²) >= 11 is 0. The van der Waals surface area contributed by atoms with E-state index in [1.54, 1.807) is 0 Å². The number of hydrogen-bond donors (Lipinski definition) is 3. The molecule has 1 aliphatic heterocycles. The third kappa shape index (κ3) is 4.05. The van der Waals surface area contributed by atoms with Gasteiger partial charge in [-0.2, -0.15) is 0 Å². The molecule has 1 aliphatic rings. The van der Waals surface area contributed by atoms with Crippen molar-refractivity contribution in [3.63, 3.8) is 0 Å². The van der Waals surface area contributed by atoms with E-state index in [2.05, 4.69) is 0 Å². The van der Waals surface area contributed by atoms with Crippen LogP contribution in [0.2, 0.25) is 0 Å². The number of carboxylic acids is 2. The Morgan fingerprint density at radius 3 is 2.58 bits per heavy atom. The quantitative estimate of drug-likeness (QED) is 0.693. The topological polar surface area (TPSA) is 107 Å². The van der Waals surface area contributed by atoms with E-state index < -0.39 is 24.1 Å². The molecule has 1 fully saturated rings. The van der Waals surface area contributed by atoms with Gasteiger partial charge in [0.05, 0.1) is 6.08 Å². The highest BCUT2D eigenvalue weighted by Gasteiger charge is 2.32. The smallest absolute Gasteiger partial charge is 0.352 e. The Balaban J connectivity index is 2.09. The summed E-state index contributed by atoms with van der Waals surface area (Å²) in [6.07, 6.45) is -0.364. The van der Waals surface area contributed by atoms with Gasteiger partial charge in [0.25, 0.3) is 0 Å². The number of aliphatic carboxylic acids is 2. The van der Waals surface area contributed by atoms with Gasteiger partial charge in [-0.3, -0.25) is 0 Å². The number of carbonyl (C=O) groups is 2. The molecule has 0 amide bonds. The van der Waals surface area contributed by atoms with Gasteiger partial charge in [0.1, 0.15) is 23.7 Å². The zero-order valence-electron chi connectivity index (χ0n) is 13.6. The van der Waals surface area contributed by atoms with E-state index in [4.69, 9.17) is 14.9 Å². The molecule has 2 atom stereocenters. The van der Waals surface area contributed by atoms with Crippen molar-refractivity contribution in [2.24, 2.45) is 0 Å². The molecular weight excluding hydrogens is 314 g/mol. The van der Waals surface area contributed by atoms with Crippen molar-refractivity contribution >= 4 is 11.9 Å². The van der Waals surface area contributed by atoms with Crippen molar-refractivity contribution in [2.45, 2.75) is 32.5 Å². The van der Waals surface area contributed by atoms with Gasteiger partial charge in [-0.05, 0) is 31.0 Å². The first-order valence-electron chi connectivity index (χ1n) is 7.63. The lowest BCUT2D eigenvalue weighted by molar-refractivity contribution is -0.137. The Kier molecular flexibility index (Phi) is 5.46. The van der Waals surface area contributed by atoms with Crippen molar-refractivity contribution in [1.82, 2.24) is 4.90 Å². The van der Waals surface area contributed by atoms with Crippen LogP contribution in [0.1, 0.15) is 17.5 Å². The molecule has 0 aromatic heterocycles. The maximum absolute atomic E-state index is 11.2. The fraction of sp³-hybridized carbons (Fsp3) is 0.412. The number of piperidine rings is 1. The number of ether oxygens (including phenoxy) is 1. The molecule has 3 N–H and O–H groups in total. The molecule has 130 valence electrons. The van der Waals surface area contributed by atoms with Gasteiger partial charge in [0, 0.05) is 19.5 Å². The van der Waals surface area contributed by atoms with Crippen molar-refractivity contribution in [1.29, 1.82) is 0 Å². The van der Waals surface area contributed by atoms with Crippen molar-refractivity contribution in [3.8, 4) is 5.75 Å². The molecule has 0 aliphatic carbocycles. The second kappa shape index (κ2) is 7.35. The van der Waals surface area contributed by atoms with Gasteiger partial charge in [-0.1, -0.05) is 12.1 Å². The molecule has 7 nitrogen and oxygen atoms in total. The molecule has 7 heteroatoms. The summed E-state index contributed by atoms with van der Waals surface area (Å²) in [4.78, 5) is 23.3. The van der Waals surface area contributed by atoms with Crippen molar-refractivity contribution < 1.29 is 29.6 Å². The summed E-state index contributed by atoms with van der Waals surface area (Å²) in [5, 5.41) is 28.2. The van der Waals surface area contributed by atoms with Crippen LogP contribution in [0.5, 0.6) is 5.75 Å². The lowest BCUT2D eigenvalue weighted by Crippen LogP contribution is -2.49. The van der Waals surface area contributed by atoms with Crippen LogP contribution in [0, 0.1) is 13.8 Å². The summed E-state index contributed by atoms with van der Waals surface area (Å²) in [6.45, 7) is 4.19. The van der Waals surface area contributed by atoms with E-state index >= 15 is 0 Å². The molecule has 24 heavy (non-hydrogen) atoms. The number of hydrogen-bond acceptors (Lipinski definition) is 5. The van der Waals surface area contributed by atoms with E-state index in [1.165, 1.54) is 4.90 Å². The molecule has 2 rings (SSSR count). The number of β-amino-alcohol motifs (C(OH)–C–C–N with tert-alkyl or cyclic N) is 1. The first-order valence-corrected chi connectivity index (χ1v) is 7.63. The lowest BCUT2D eigenvalue weighted by atomic mass is 10.0. The predicted octanol–water partition coefficient (Wildman–Crippen LogP) is 1.17. The number of aryl methyl sites for hydroxylation is 1. The number of rotatable bonds is 5. The fourth-order valence-corrected chi connectivity index (χ4v) is 2.69. The van der Waals surface area contributed by atoms with Gasteiger partial charge < -0.3 is 25.0 Å². The molecule has 0 radical (unpaired) electrons. The highest BCUT2D eigenvalue weighted by atomic mass is 16.5. The number of carboxylic acid groups (broad SMARTS) is 2.